The van der Waals surface area contributed by atoms with E-state index in [0.717, 1.165) is 0 Å². The molecule has 1 fully saturated rings. The van der Waals surface area contributed by atoms with Gasteiger partial charge in [-0.1, -0.05) is 6.08 Å². The minimum atomic E-state index is -1.06. The van der Waals surface area contributed by atoms with E-state index >= 15 is 0 Å². The van der Waals surface area contributed by atoms with Crippen LogP contribution in [0.2, 0.25) is 0 Å². The van der Waals surface area contributed by atoms with Crippen LogP contribution in [0.5, 0.6) is 0 Å². The van der Waals surface area contributed by atoms with Crippen LogP contribution in [0.1, 0.15) is 6.42 Å². The van der Waals surface area contributed by atoms with Crippen molar-refractivity contribution in [3.05, 3.63) is 12.2 Å². The van der Waals surface area contributed by atoms with Gasteiger partial charge in [-0.3, -0.25) is 4.79 Å². The molecule has 1 atom stereocenters. The molecule has 1 saturated heterocycles. The Morgan fingerprint density at radius 3 is 2.59 bits per heavy atom. The first-order valence-electron chi connectivity index (χ1n) is 5.31. The Bertz CT molecular complexity index is 305. The molecule has 0 bridgehead atoms. The Labute approximate surface area is 114 Å². The van der Waals surface area contributed by atoms with Crippen molar-refractivity contribution in [2.75, 3.05) is 33.7 Å². The molecule has 0 aromatic rings. The number of rotatable bonds is 4. The van der Waals surface area contributed by atoms with Gasteiger partial charge in [0.1, 0.15) is 0 Å². The standard InChI is InChI=1S/C11H18N2O3.Li/c1-12(2)6-3-4-10(14)13-7-5-9(8-13)11(15)16;/h3-4,9H,5-8H2,1-2H3,(H,15,16);/q;+1/p-1/b4-3+;/t9-;/m1./s1. The molecule has 17 heavy (non-hydrogen) atoms. The number of amides is 1. The molecule has 1 rings (SSSR count). The van der Waals surface area contributed by atoms with Gasteiger partial charge in [-0.2, -0.15) is 0 Å². The maximum absolute atomic E-state index is 11.6. The number of carbonyl (C=O) groups is 2. The van der Waals surface area contributed by atoms with Crippen molar-refractivity contribution in [3.8, 4) is 0 Å². The molecule has 1 heterocycles. The van der Waals surface area contributed by atoms with Crippen molar-refractivity contribution in [2.45, 2.75) is 6.42 Å². The van der Waals surface area contributed by atoms with Crippen LogP contribution >= 0.6 is 0 Å². The van der Waals surface area contributed by atoms with Gasteiger partial charge in [0.15, 0.2) is 0 Å². The first-order chi connectivity index (χ1) is 7.50. The van der Waals surface area contributed by atoms with Crippen LogP contribution in [0.15, 0.2) is 12.2 Å². The van der Waals surface area contributed by atoms with E-state index in [9.17, 15) is 14.7 Å². The van der Waals surface area contributed by atoms with Crippen LogP contribution in [0.3, 0.4) is 0 Å². The average molecular weight is 232 g/mol. The number of likely N-dealkylation sites (tertiary alicyclic amines) is 1. The molecule has 1 aliphatic rings. The van der Waals surface area contributed by atoms with Crippen LogP contribution in [0.4, 0.5) is 0 Å². The summed E-state index contributed by atoms with van der Waals surface area (Å²) >= 11 is 0. The third-order valence-electron chi connectivity index (χ3n) is 2.56. The fourth-order valence-electron chi connectivity index (χ4n) is 1.62. The van der Waals surface area contributed by atoms with Crippen LogP contribution in [-0.4, -0.2) is 55.4 Å². The summed E-state index contributed by atoms with van der Waals surface area (Å²) in [6.45, 7) is 1.47. The molecule has 0 saturated carbocycles. The smallest absolute Gasteiger partial charge is 0.550 e. The number of carboxylic acid groups (broad SMARTS) is 1. The van der Waals surface area contributed by atoms with E-state index < -0.39 is 11.9 Å². The number of hydrogen-bond donors (Lipinski definition) is 0. The summed E-state index contributed by atoms with van der Waals surface area (Å²) in [7, 11) is 3.83. The van der Waals surface area contributed by atoms with Gasteiger partial charge in [0.2, 0.25) is 5.91 Å². The molecule has 5 nitrogen and oxygen atoms in total. The second-order valence-corrected chi connectivity index (χ2v) is 4.25. The molecular weight excluding hydrogens is 215 g/mol. The van der Waals surface area contributed by atoms with Crippen LogP contribution in [0, 0.1) is 5.92 Å². The second kappa shape index (κ2) is 7.54. The summed E-state index contributed by atoms with van der Waals surface area (Å²) in [5.74, 6) is -1.69. The maximum atomic E-state index is 11.6. The molecule has 6 heteroatoms. The van der Waals surface area contributed by atoms with Gasteiger partial charge in [-0.15, -0.1) is 0 Å². The van der Waals surface area contributed by atoms with Crippen LogP contribution < -0.4 is 24.0 Å². The summed E-state index contributed by atoms with van der Waals surface area (Å²) < 4.78 is 0. The number of carbonyl (C=O) groups excluding carboxylic acids is 2. The van der Waals surface area contributed by atoms with Gasteiger partial charge in [-0.25, -0.2) is 0 Å². The van der Waals surface area contributed by atoms with Crippen molar-refractivity contribution >= 4 is 11.9 Å². The van der Waals surface area contributed by atoms with Crippen LogP contribution in [-0.2, 0) is 9.59 Å². The molecule has 0 spiro atoms. The minimum absolute atomic E-state index is 0. The van der Waals surface area contributed by atoms with E-state index in [2.05, 4.69) is 0 Å². The Morgan fingerprint density at radius 2 is 2.12 bits per heavy atom. The minimum Gasteiger partial charge on any atom is -0.550 e. The maximum Gasteiger partial charge on any atom is 1.00 e. The van der Waals surface area contributed by atoms with Crippen molar-refractivity contribution in [3.63, 3.8) is 0 Å². The molecule has 0 unspecified atom stereocenters. The van der Waals surface area contributed by atoms with Crippen molar-refractivity contribution < 1.29 is 33.6 Å². The molecule has 0 aromatic heterocycles. The SMILES string of the molecule is CN(C)C/C=C/C(=O)N1CC[C@@H](C(=O)[O-])C1.[Li+]. The quantitative estimate of drug-likeness (QED) is 0.363. The van der Waals surface area contributed by atoms with E-state index in [0.29, 0.717) is 19.5 Å². The largest absolute Gasteiger partial charge is 1.00 e. The van der Waals surface area contributed by atoms with Gasteiger partial charge in [0, 0.05) is 37.6 Å². The zero-order valence-electron chi connectivity index (χ0n) is 10.7. The molecule has 0 N–H and O–H groups in total. The second-order valence-electron chi connectivity index (χ2n) is 4.25. The van der Waals surface area contributed by atoms with Crippen LogP contribution in [0.25, 0.3) is 0 Å². The molecule has 0 aliphatic carbocycles. The molecule has 0 aromatic carbocycles. The zero-order valence-corrected chi connectivity index (χ0v) is 10.7. The van der Waals surface area contributed by atoms with Gasteiger partial charge in [-0.05, 0) is 20.5 Å². The first kappa shape index (κ1) is 16.2. The molecule has 1 aliphatic heterocycles. The van der Waals surface area contributed by atoms with Crippen molar-refractivity contribution in [1.29, 1.82) is 0 Å². The molecule has 90 valence electrons. The number of hydrogen-bond acceptors (Lipinski definition) is 4. The van der Waals surface area contributed by atoms with E-state index in [-0.39, 0.29) is 31.3 Å². The Balaban J connectivity index is 0.00000256. The van der Waals surface area contributed by atoms with E-state index in [1.807, 2.05) is 19.0 Å². The van der Waals surface area contributed by atoms with E-state index in [4.69, 9.17) is 0 Å². The topological polar surface area (TPSA) is 63.7 Å². The zero-order chi connectivity index (χ0) is 12.1. The number of nitrogens with zero attached hydrogens (tertiary/aromatic N) is 2. The predicted molar refractivity (Wildman–Crippen MR) is 57.4 cm³/mol. The Hall–Kier alpha value is -0.763. The third-order valence-corrected chi connectivity index (χ3v) is 2.56. The van der Waals surface area contributed by atoms with Gasteiger partial charge >= 0.3 is 18.9 Å². The van der Waals surface area contributed by atoms with Crippen molar-refractivity contribution in [2.24, 2.45) is 5.92 Å². The Kier molecular flexibility index (Phi) is 7.20. The van der Waals surface area contributed by atoms with Crippen molar-refractivity contribution in [1.82, 2.24) is 9.80 Å². The summed E-state index contributed by atoms with van der Waals surface area (Å²) in [4.78, 5) is 25.7. The monoisotopic (exact) mass is 232 g/mol. The summed E-state index contributed by atoms with van der Waals surface area (Å²) in [5, 5.41) is 10.6. The van der Waals surface area contributed by atoms with Gasteiger partial charge < -0.3 is 19.7 Å². The summed E-state index contributed by atoms with van der Waals surface area (Å²) in [5.41, 5.74) is 0. The summed E-state index contributed by atoms with van der Waals surface area (Å²) in [6, 6.07) is 0. The van der Waals surface area contributed by atoms with Gasteiger partial charge in [0.25, 0.3) is 0 Å². The average Bonchev–Trinajstić information content (AvgIpc) is 2.65. The summed E-state index contributed by atoms with van der Waals surface area (Å²) in [6.07, 6.45) is 3.77. The van der Waals surface area contributed by atoms with E-state index in [1.54, 1.807) is 11.0 Å². The van der Waals surface area contributed by atoms with E-state index in [1.165, 1.54) is 6.08 Å². The third kappa shape index (κ3) is 5.40. The molecule has 1 amide bonds. The number of carboxylic acids is 1. The molecule has 0 radical (unpaired) electrons. The predicted octanol–water partition coefficient (Wildman–Crippen LogP) is -4.29. The fourth-order valence-corrected chi connectivity index (χ4v) is 1.62. The van der Waals surface area contributed by atoms with Gasteiger partial charge in [0.05, 0.1) is 0 Å². The number of aliphatic carboxylic acids is 1. The Morgan fingerprint density at radius 1 is 1.47 bits per heavy atom. The normalized spacial score (nSPS) is 19.7. The first-order valence-corrected chi connectivity index (χ1v) is 5.31. The number of likely N-dealkylation sites (N-methyl/N-ethyl adjacent to an activating group) is 1. The molecular formula is C11H17LiN2O3. The fraction of sp³-hybridized carbons (Fsp3) is 0.636.